The summed E-state index contributed by atoms with van der Waals surface area (Å²) in [6.45, 7) is 3.74. The van der Waals surface area contributed by atoms with E-state index >= 15 is 0 Å². The molecule has 1 fully saturated rings. The Morgan fingerprint density at radius 3 is 2.91 bits per heavy atom. The third-order valence-corrected chi connectivity index (χ3v) is 5.50. The number of anilines is 1. The first-order chi connectivity index (χ1) is 16.3. The molecule has 0 radical (unpaired) electrons. The number of phenols is 1. The van der Waals surface area contributed by atoms with E-state index in [2.05, 4.69) is 25.8 Å². The number of ether oxygens (including phenoxy) is 1. The lowest BCUT2D eigenvalue weighted by atomic mass is 10.0. The van der Waals surface area contributed by atoms with E-state index in [0.717, 1.165) is 18.5 Å². The Balaban J connectivity index is 1.37. The number of carbonyl (C=O) groups is 3. The molecule has 0 unspecified atom stereocenters. The van der Waals surface area contributed by atoms with Crippen LogP contribution >= 0.6 is 0 Å². The highest BCUT2D eigenvalue weighted by atomic mass is 16.6. The van der Waals surface area contributed by atoms with E-state index < -0.39 is 12.0 Å². The third-order valence-electron chi connectivity index (χ3n) is 5.50. The maximum Gasteiger partial charge on any atom is 0.407 e. The molecule has 2 atom stereocenters. The monoisotopic (exact) mass is 467 g/mol. The SMILES string of the molecule is CC(C)NC(=O)O[C@@H]1CC[C@H](c2cc(NC(=O)c3cnc(-c4cccc(O)c4C=O)o3)n[nH]2)C1. The van der Waals surface area contributed by atoms with Gasteiger partial charge in [-0.25, -0.2) is 9.78 Å². The van der Waals surface area contributed by atoms with Crippen molar-refractivity contribution in [3.05, 3.63) is 47.5 Å². The molecule has 1 saturated carbocycles. The fraction of sp³-hybridized carbons (Fsp3) is 0.348. The molecule has 34 heavy (non-hydrogen) atoms. The molecule has 1 aliphatic rings. The van der Waals surface area contributed by atoms with Gasteiger partial charge in [-0.2, -0.15) is 5.10 Å². The van der Waals surface area contributed by atoms with Crippen LogP contribution in [-0.2, 0) is 4.74 Å². The molecule has 2 amide bonds. The van der Waals surface area contributed by atoms with E-state index in [1.807, 2.05) is 13.8 Å². The van der Waals surface area contributed by atoms with Gasteiger partial charge in [-0.1, -0.05) is 6.07 Å². The van der Waals surface area contributed by atoms with Gasteiger partial charge in [-0.3, -0.25) is 14.7 Å². The molecule has 2 aromatic heterocycles. The maximum absolute atomic E-state index is 12.6. The van der Waals surface area contributed by atoms with Crippen molar-refractivity contribution in [1.29, 1.82) is 0 Å². The summed E-state index contributed by atoms with van der Waals surface area (Å²) >= 11 is 0. The van der Waals surface area contributed by atoms with Gasteiger partial charge < -0.3 is 24.9 Å². The van der Waals surface area contributed by atoms with Gasteiger partial charge >= 0.3 is 6.09 Å². The lowest BCUT2D eigenvalue weighted by molar-refractivity contribution is 0.0977. The lowest BCUT2D eigenvalue weighted by Crippen LogP contribution is -2.33. The van der Waals surface area contributed by atoms with Gasteiger partial charge in [0.15, 0.2) is 12.1 Å². The first kappa shape index (κ1) is 23.0. The smallest absolute Gasteiger partial charge is 0.407 e. The number of hydrogen-bond acceptors (Lipinski definition) is 8. The Labute approximate surface area is 194 Å². The van der Waals surface area contributed by atoms with E-state index in [1.165, 1.54) is 12.3 Å². The van der Waals surface area contributed by atoms with Crippen LogP contribution in [-0.4, -0.2) is 50.7 Å². The van der Waals surface area contributed by atoms with Crippen molar-refractivity contribution in [1.82, 2.24) is 20.5 Å². The highest BCUT2D eigenvalue weighted by molar-refractivity contribution is 6.01. The molecule has 2 heterocycles. The zero-order chi connectivity index (χ0) is 24.2. The van der Waals surface area contributed by atoms with E-state index in [-0.39, 0.29) is 46.6 Å². The highest BCUT2D eigenvalue weighted by Crippen LogP contribution is 2.36. The summed E-state index contributed by atoms with van der Waals surface area (Å²) in [6.07, 6.45) is 3.36. The summed E-state index contributed by atoms with van der Waals surface area (Å²) in [5.41, 5.74) is 1.13. The van der Waals surface area contributed by atoms with Crippen LogP contribution in [0.1, 0.15) is 65.6 Å². The maximum atomic E-state index is 12.6. The molecule has 4 N–H and O–H groups in total. The van der Waals surface area contributed by atoms with Crippen LogP contribution in [0, 0.1) is 0 Å². The summed E-state index contributed by atoms with van der Waals surface area (Å²) < 4.78 is 11.0. The standard InChI is InChI=1S/C23H25N5O6/c1-12(2)25-23(32)33-14-7-6-13(8-14)17-9-20(28-27-17)26-21(31)19-10-24-22(34-19)15-4-3-5-18(30)16(15)11-29/h3-5,9-14,30H,6-8H2,1-2H3,(H,25,32)(H2,26,27,28,31)/t13-,14+/m0/s1. The number of nitrogens with one attached hydrogen (secondary N) is 3. The largest absolute Gasteiger partial charge is 0.507 e. The quantitative estimate of drug-likeness (QED) is 0.383. The van der Waals surface area contributed by atoms with Crippen LogP contribution in [0.25, 0.3) is 11.5 Å². The summed E-state index contributed by atoms with van der Waals surface area (Å²) in [4.78, 5) is 39.7. The second kappa shape index (κ2) is 9.77. The van der Waals surface area contributed by atoms with E-state index in [9.17, 15) is 19.5 Å². The lowest BCUT2D eigenvalue weighted by Gasteiger charge is -2.14. The van der Waals surface area contributed by atoms with Crippen LogP contribution in [0.3, 0.4) is 0 Å². The summed E-state index contributed by atoms with van der Waals surface area (Å²) in [6, 6.07) is 6.22. The molecule has 0 bridgehead atoms. The Morgan fingerprint density at radius 1 is 1.32 bits per heavy atom. The number of amides is 2. The van der Waals surface area contributed by atoms with E-state index in [1.54, 1.807) is 18.2 Å². The number of benzene rings is 1. The second-order valence-electron chi connectivity index (χ2n) is 8.38. The first-order valence-electron chi connectivity index (χ1n) is 10.9. The van der Waals surface area contributed by atoms with Crippen molar-refractivity contribution in [2.24, 2.45) is 0 Å². The number of alkyl carbamates (subject to hydrolysis) is 1. The Hall–Kier alpha value is -4.15. The number of nitrogens with zero attached hydrogens (tertiary/aromatic N) is 2. The number of phenolic OH excluding ortho intramolecular Hbond substituents is 1. The summed E-state index contributed by atoms with van der Waals surface area (Å²) in [5.74, 6) is -0.386. The van der Waals surface area contributed by atoms with Crippen molar-refractivity contribution < 1.29 is 28.6 Å². The number of oxazole rings is 1. The van der Waals surface area contributed by atoms with Crippen molar-refractivity contribution >= 4 is 24.1 Å². The molecule has 11 nitrogen and oxygen atoms in total. The average Bonchev–Trinajstić information content (AvgIpc) is 3.53. The molecule has 3 aromatic rings. The van der Waals surface area contributed by atoms with Crippen LogP contribution < -0.4 is 10.6 Å². The normalized spacial score (nSPS) is 17.5. The zero-order valence-electron chi connectivity index (χ0n) is 18.7. The third kappa shape index (κ3) is 5.08. The zero-order valence-corrected chi connectivity index (χ0v) is 18.7. The fourth-order valence-electron chi connectivity index (χ4n) is 3.91. The number of hydrogen-bond donors (Lipinski definition) is 4. The second-order valence-corrected chi connectivity index (χ2v) is 8.38. The minimum Gasteiger partial charge on any atom is -0.507 e. The van der Waals surface area contributed by atoms with E-state index in [0.29, 0.717) is 18.5 Å². The molecular weight excluding hydrogens is 442 g/mol. The van der Waals surface area contributed by atoms with Crippen LogP contribution in [0.4, 0.5) is 10.6 Å². The predicted molar refractivity (Wildman–Crippen MR) is 121 cm³/mol. The van der Waals surface area contributed by atoms with Crippen molar-refractivity contribution in [3.8, 4) is 17.2 Å². The Bertz CT molecular complexity index is 1200. The molecule has 0 saturated heterocycles. The number of H-pyrrole nitrogens is 1. The van der Waals surface area contributed by atoms with Crippen LogP contribution in [0.5, 0.6) is 5.75 Å². The van der Waals surface area contributed by atoms with Gasteiger partial charge in [0.1, 0.15) is 11.9 Å². The van der Waals surface area contributed by atoms with Crippen molar-refractivity contribution in [3.63, 3.8) is 0 Å². The van der Waals surface area contributed by atoms with Gasteiger partial charge in [-0.15, -0.1) is 0 Å². The van der Waals surface area contributed by atoms with Gasteiger partial charge in [0.2, 0.25) is 11.7 Å². The first-order valence-corrected chi connectivity index (χ1v) is 10.9. The fourth-order valence-corrected chi connectivity index (χ4v) is 3.91. The van der Waals surface area contributed by atoms with Crippen molar-refractivity contribution in [2.75, 3.05) is 5.32 Å². The Kier molecular flexibility index (Phi) is 6.62. The van der Waals surface area contributed by atoms with Crippen LogP contribution in [0.15, 0.2) is 34.9 Å². The molecule has 0 aliphatic heterocycles. The number of rotatable bonds is 7. The minimum atomic E-state index is -0.567. The van der Waals surface area contributed by atoms with E-state index in [4.69, 9.17) is 9.15 Å². The highest BCUT2D eigenvalue weighted by Gasteiger charge is 2.30. The number of aromatic amines is 1. The molecular formula is C23H25N5O6. The molecule has 0 spiro atoms. The molecule has 11 heteroatoms. The molecule has 4 rings (SSSR count). The molecule has 178 valence electrons. The van der Waals surface area contributed by atoms with Gasteiger partial charge in [0, 0.05) is 23.7 Å². The minimum absolute atomic E-state index is 0.0100. The average molecular weight is 467 g/mol. The number of aldehydes is 1. The summed E-state index contributed by atoms with van der Waals surface area (Å²) in [7, 11) is 0. The van der Waals surface area contributed by atoms with Gasteiger partial charge in [0.05, 0.1) is 17.3 Å². The van der Waals surface area contributed by atoms with Gasteiger partial charge in [0.25, 0.3) is 5.91 Å². The molecule has 1 aromatic carbocycles. The number of aromatic hydroxyl groups is 1. The Morgan fingerprint density at radius 2 is 2.15 bits per heavy atom. The number of carbonyl (C=O) groups excluding carboxylic acids is 3. The topological polar surface area (TPSA) is 159 Å². The number of aromatic nitrogens is 3. The summed E-state index contributed by atoms with van der Waals surface area (Å²) in [5, 5.41) is 22.3. The molecule has 1 aliphatic carbocycles. The predicted octanol–water partition coefficient (Wildman–Crippen LogP) is 3.61. The van der Waals surface area contributed by atoms with Crippen molar-refractivity contribution in [2.45, 2.75) is 51.2 Å². The van der Waals surface area contributed by atoms with Crippen LogP contribution in [0.2, 0.25) is 0 Å². The van der Waals surface area contributed by atoms with Gasteiger partial charge in [-0.05, 0) is 45.2 Å².